The zero-order valence-electron chi connectivity index (χ0n) is 8.58. The summed E-state index contributed by atoms with van der Waals surface area (Å²) in [7, 11) is 0. The lowest BCUT2D eigenvalue weighted by Gasteiger charge is -2.39. The highest BCUT2D eigenvalue weighted by Gasteiger charge is 2.40. The Hall–Kier alpha value is -0.890. The molecular formula is C8H18N4O3. The second-order valence-electron chi connectivity index (χ2n) is 3.70. The molecule has 1 aliphatic heterocycles. The highest BCUT2D eigenvalue weighted by Crippen LogP contribution is 2.19. The highest BCUT2D eigenvalue weighted by molar-refractivity contribution is 5.75. The first-order valence-corrected chi connectivity index (χ1v) is 4.76. The van der Waals surface area contributed by atoms with E-state index in [0.717, 1.165) is 0 Å². The number of ether oxygens (including phenoxy) is 1. The molecule has 0 unspecified atom stereocenters. The van der Waals surface area contributed by atoms with Crippen molar-refractivity contribution in [3.05, 3.63) is 0 Å². The zero-order chi connectivity index (χ0) is 11.6. The third kappa shape index (κ3) is 2.78. The van der Waals surface area contributed by atoms with Crippen LogP contribution >= 0.6 is 0 Å². The third-order valence-corrected chi connectivity index (χ3v) is 2.49. The maximum absolute atomic E-state index is 9.68. The van der Waals surface area contributed by atoms with Crippen molar-refractivity contribution in [3.8, 4) is 0 Å². The maximum atomic E-state index is 9.68. The van der Waals surface area contributed by atoms with E-state index in [9.17, 15) is 10.2 Å². The van der Waals surface area contributed by atoms with Gasteiger partial charge in [0, 0.05) is 0 Å². The Morgan fingerprint density at radius 1 is 1.33 bits per heavy atom. The number of aliphatic hydroxyl groups excluding tert-OH is 2. The molecule has 7 heteroatoms. The monoisotopic (exact) mass is 218 g/mol. The average molecular weight is 218 g/mol. The van der Waals surface area contributed by atoms with Crippen LogP contribution in [0.15, 0.2) is 4.99 Å². The van der Waals surface area contributed by atoms with E-state index in [0.29, 0.717) is 0 Å². The Morgan fingerprint density at radius 3 is 2.47 bits per heavy atom. The maximum Gasteiger partial charge on any atom is 0.186 e. The summed E-state index contributed by atoms with van der Waals surface area (Å²) in [4.78, 5) is 3.74. The molecule has 1 aliphatic rings. The predicted molar refractivity (Wildman–Crippen MR) is 55.0 cm³/mol. The van der Waals surface area contributed by atoms with E-state index in [4.69, 9.17) is 21.9 Å². The first-order chi connectivity index (χ1) is 6.93. The van der Waals surface area contributed by atoms with E-state index in [-0.39, 0.29) is 12.5 Å². The van der Waals surface area contributed by atoms with E-state index in [1.54, 1.807) is 6.92 Å². The molecule has 1 rings (SSSR count). The number of nitrogens with zero attached hydrogens (tertiary/aromatic N) is 1. The molecule has 0 aromatic carbocycles. The highest BCUT2D eigenvalue weighted by atomic mass is 16.5. The van der Waals surface area contributed by atoms with E-state index in [1.165, 1.54) is 0 Å². The fourth-order valence-corrected chi connectivity index (χ4v) is 1.55. The molecule has 0 aromatic heterocycles. The Morgan fingerprint density at radius 2 is 1.93 bits per heavy atom. The van der Waals surface area contributed by atoms with Crippen molar-refractivity contribution >= 4 is 5.96 Å². The molecule has 0 saturated carbocycles. The first-order valence-electron chi connectivity index (χ1n) is 4.76. The molecule has 0 aliphatic carbocycles. The lowest BCUT2D eigenvalue weighted by molar-refractivity contribution is -0.168. The summed E-state index contributed by atoms with van der Waals surface area (Å²) >= 11 is 0. The van der Waals surface area contributed by atoms with Gasteiger partial charge < -0.3 is 32.2 Å². The van der Waals surface area contributed by atoms with Gasteiger partial charge in [-0.15, -0.1) is 0 Å². The van der Waals surface area contributed by atoms with Gasteiger partial charge in [0.25, 0.3) is 0 Å². The van der Waals surface area contributed by atoms with Gasteiger partial charge in [0.1, 0.15) is 6.10 Å². The van der Waals surface area contributed by atoms with Crippen molar-refractivity contribution in [1.82, 2.24) is 0 Å². The normalized spacial score (nSPS) is 41.2. The van der Waals surface area contributed by atoms with Crippen LogP contribution in [0.2, 0.25) is 0 Å². The number of aliphatic imine (C=N–C) groups is 1. The summed E-state index contributed by atoms with van der Waals surface area (Å²) in [6.07, 6.45) is -2.88. The fourth-order valence-electron chi connectivity index (χ4n) is 1.55. The van der Waals surface area contributed by atoms with Crippen molar-refractivity contribution in [2.24, 2.45) is 22.2 Å². The van der Waals surface area contributed by atoms with Crippen LogP contribution < -0.4 is 17.2 Å². The van der Waals surface area contributed by atoms with Gasteiger partial charge in [-0.05, 0) is 6.92 Å². The van der Waals surface area contributed by atoms with Gasteiger partial charge in [0.2, 0.25) is 0 Å². The van der Waals surface area contributed by atoms with Gasteiger partial charge in [0.15, 0.2) is 5.96 Å². The Balaban J connectivity index is 2.62. The zero-order valence-corrected chi connectivity index (χ0v) is 8.58. The summed E-state index contributed by atoms with van der Waals surface area (Å²) in [5.74, 6) is -0.0712. The minimum absolute atomic E-state index is 0.0712. The number of nitrogens with two attached hydrogens (primary N) is 3. The average Bonchev–Trinajstić information content (AvgIpc) is 2.18. The van der Waals surface area contributed by atoms with Crippen molar-refractivity contribution in [1.29, 1.82) is 0 Å². The van der Waals surface area contributed by atoms with Gasteiger partial charge in [-0.2, -0.15) is 0 Å². The molecule has 1 fully saturated rings. The summed E-state index contributed by atoms with van der Waals surface area (Å²) in [5, 5.41) is 19.2. The molecule has 0 aromatic rings. The van der Waals surface area contributed by atoms with Crippen LogP contribution in [-0.4, -0.2) is 53.2 Å². The molecule has 1 saturated heterocycles. The minimum atomic E-state index is -0.973. The van der Waals surface area contributed by atoms with Crippen LogP contribution in [-0.2, 0) is 4.74 Å². The van der Waals surface area contributed by atoms with Crippen LogP contribution in [0.1, 0.15) is 6.92 Å². The largest absolute Gasteiger partial charge is 0.389 e. The van der Waals surface area contributed by atoms with Crippen molar-refractivity contribution < 1.29 is 14.9 Å². The number of guanidine groups is 1. The summed E-state index contributed by atoms with van der Waals surface area (Å²) in [6.45, 7) is 1.81. The first kappa shape index (κ1) is 12.2. The molecule has 88 valence electrons. The van der Waals surface area contributed by atoms with Crippen molar-refractivity contribution in [2.45, 2.75) is 37.4 Å². The molecule has 15 heavy (non-hydrogen) atoms. The Kier molecular flexibility index (Phi) is 3.86. The number of aliphatic hydroxyl groups is 2. The second kappa shape index (κ2) is 4.75. The van der Waals surface area contributed by atoms with Gasteiger partial charge in [-0.3, -0.25) is 4.99 Å². The summed E-state index contributed by atoms with van der Waals surface area (Å²) in [5.41, 5.74) is 15.9. The van der Waals surface area contributed by atoms with Crippen molar-refractivity contribution in [3.63, 3.8) is 0 Å². The standard InChI is InChI=1S/C8H18N4O3/c1-3-6(13)5(9)7(14)4(15-3)2-12-8(10)11/h3-7,13-14H,2,9H2,1H3,(H4,10,11,12)/t3-,4-,5-,6+,7-/m1/s1. The molecule has 8 N–H and O–H groups in total. The smallest absolute Gasteiger partial charge is 0.186 e. The molecule has 0 bridgehead atoms. The Labute approximate surface area is 87.9 Å². The lowest BCUT2D eigenvalue weighted by Crippen LogP contribution is -2.61. The molecule has 1 heterocycles. The summed E-state index contributed by atoms with van der Waals surface area (Å²) in [6, 6.07) is -0.743. The minimum Gasteiger partial charge on any atom is -0.389 e. The van der Waals surface area contributed by atoms with Gasteiger partial charge in [-0.1, -0.05) is 0 Å². The van der Waals surface area contributed by atoms with E-state index in [1.807, 2.05) is 0 Å². The second-order valence-corrected chi connectivity index (χ2v) is 3.70. The predicted octanol–water partition coefficient (Wildman–Crippen LogP) is -2.90. The number of hydrogen-bond donors (Lipinski definition) is 5. The summed E-state index contributed by atoms with van der Waals surface area (Å²) < 4.78 is 5.33. The number of rotatable bonds is 2. The lowest BCUT2D eigenvalue weighted by atomic mass is 9.94. The van der Waals surface area contributed by atoms with Gasteiger partial charge >= 0.3 is 0 Å². The quantitative estimate of drug-likeness (QED) is 0.249. The number of hydrogen-bond acceptors (Lipinski definition) is 5. The molecular weight excluding hydrogens is 200 g/mol. The van der Waals surface area contributed by atoms with Crippen LogP contribution in [0, 0.1) is 0 Å². The molecule has 0 radical (unpaired) electrons. The molecule has 0 spiro atoms. The van der Waals surface area contributed by atoms with Gasteiger partial charge in [-0.25, -0.2) is 0 Å². The van der Waals surface area contributed by atoms with Crippen LogP contribution in [0.5, 0.6) is 0 Å². The fraction of sp³-hybridized carbons (Fsp3) is 0.875. The van der Waals surface area contributed by atoms with Crippen LogP contribution in [0.25, 0.3) is 0 Å². The van der Waals surface area contributed by atoms with E-state index in [2.05, 4.69) is 4.99 Å². The van der Waals surface area contributed by atoms with E-state index >= 15 is 0 Å². The van der Waals surface area contributed by atoms with Crippen molar-refractivity contribution in [2.75, 3.05) is 6.54 Å². The van der Waals surface area contributed by atoms with Gasteiger partial charge in [0.05, 0.1) is 30.9 Å². The van der Waals surface area contributed by atoms with Crippen LogP contribution in [0.4, 0.5) is 0 Å². The SMILES string of the molecule is C[C@H]1O[C@H](CN=C(N)N)[C@@H](O)[C@H](N)[C@H]1O. The van der Waals surface area contributed by atoms with Crippen LogP contribution in [0.3, 0.4) is 0 Å². The third-order valence-electron chi connectivity index (χ3n) is 2.49. The molecule has 5 atom stereocenters. The Bertz CT molecular complexity index is 244. The topological polar surface area (TPSA) is 140 Å². The molecule has 0 amide bonds. The molecule has 7 nitrogen and oxygen atoms in total. The van der Waals surface area contributed by atoms with E-state index < -0.39 is 30.5 Å².